The molecular formula is C16H13ClN2O. The third-order valence-electron chi connectivity index (χ3n) is 3.34. The van der Waals surface area contributed by atoms with Crippen LogP contribution in [0.4, 0.5) is 5.69 Å². The van der Waals surface area contributed by atoms with Gasteiger partial charge >= 0.3 is 0 Å². The van der Waals surface area contributed by atoms with Gasteiger partial charge in [-0.05, 0) is 37.3 Å². The van der Waals surface area contributed by atoms with Crippen molar-refractivity contribution in [3.8, 4) is 0 Å². The Morgan fingerprint density at radius 1 is 1.15 bits per heavy atom. The number of nitrogens with two attached hydrogens (primary N) is 1. The van der Waals surface area contributed by atoms with Gasteiger partial charge in [-0.25, -0.2) is 0 Å². The molecule has 0 atom stereocenters. The Hall–Kier alpha value is -2.26. The van der Waals surface area contributed by atoms with E-state index in [0.29, 0.717) is 21.8 Å². The summed E-state index contributed by atoms with van der Waals surface area (Å²) in [5.41, 5.74) is 9.42. The number of fused-ring (bicyclic) bond motifs is 1. The molecule has 0 aliphatic heterocycles. The van der Waals surface area contributed by atoms with Gasteiger partial charge in [0.05, 0.1) is 0 Å². The molecule has 0 saturated carbocycles. The van der Waals surface area contributed by atoms with Crippen molar-refractivity contribution in [2.75, 3.05) is 5.73 Å². The lowest BCUT2D eigenvalue weighted by atomic mass is 10.0. The molecule has 0 bridgehead atoms. The zero-order valence-corrected chi connectivity index (χ0v) is 11.7. The van der Waals surface area contributed by atoms with Gasteiger partial charge in [0.1, 0.15) is 0 Å². The van der Waals surface area contributed by atoms with Crippen molar-refractivity contribution < 1.29 is 4.79 Å². The van der Waals surface area contributed by atoms with E-state index in [4.69, 9.17) is 17.3 Å². The summed E-state index contributed by atoms with van der Waals surface area (Å²) in [5, 5.41) is 1.43. The minimum absolute atomic E-state index is 0.101. The van der Waals surface area contributed by atoms with E-state index in [1.54, 1.807) is 24.4 Å². The molecule has 0 fully saturated rings. The summed E-state index contributed by atoms with van der Waals surface area (Å²) >= 11 is 5.86. The zero-order chi connectivity index (χ0) is 14.3. The van der Waals surface area contributed by atoms with Crippen molar-refractivity contribution in [3.05, 3.63) is 64.3 Å². The van der Waals surface area contributed by atoms with E-state index in [-0.39, 0.29) is 5.78 Å². The summed E-state index contributed by atoms with van der Waals surface area (Å²) < 4.78 is 0. The molecule has 1 aromatic heterocycles. The minimum atomic E-state index is -0.101. The maximum absolute atomic E-state index is 12.6. The van der Waals surface area contributed by atoms with E-state index in [1.165, 1.54) is 0 Å². The maximum Gasteiger partial charge on any atom is 0.197 e. The Balaban J connectivity index is 2.15. The lowest BCUT2D eigenvalue weighted by molar-refractivity contribution is 0.104. The number of anilines is 1. The number of rotatable bonds is 2. The van der Waals surface area contributed by atoms with Gasteiger partial charge in [-0.2, -0.15) is 0 Å². The average Bonchev–Trinajstić information content (AvgIpc) is 2.81. The SMILES string of the molecule is Cc1ccc2[nH]cc(C(=O)c3ccc(Cl)cc3N)c2c1. The summed E-state index contributed by atoms with van der Waals surface area (Å²) in [5.74, 6) is -0.101. The number of carbonyl (C=O) groups excluding carboxylic acids is 1. The summed E-state index contributed by atoms with van der Waals surface area (Å²) in [6.07, 6.45) is 1.72. The second kappa shape index (κ2) is 4.69. The van der Waals surface area contributed by atoms with Crippen LogP contribution in [0.2, 0.25) is 5.02 Å². The number of hydrogen-bond acceptors (Lipinski definition) is 2. The van der Waals surface area contributed by atoms with Crippen molar-refractivity contribution in [2.45, 2.75) is 6.92 Å². The van der Waals surface area contributed by atoms with Crippen LogP contribution in [0.5, 0.6) is 0 Å². The van der Waals surface area contributed by atoms with Crippen LogP contribution in [0.3, 0.4) is 0 Å². The van der Waals surface area contributed by atoms with Crippen molar-refractivity contribution in [1.29, 1.82) is 0 Å². The number of hydrogen-bond donors (Lipinski definition) is 2. The molecule has 0 amide bonds. The van der Waals surface area contributed by atoms with Crippen molar-refractivity contribution in [3.63, 3.8) is 0 Å². The molecule has 2 aromatic carbocycles. The molecule has 4 heteroatoms. The first-order chi connectivity index (χ1) is 9.56. The number of carbonyl (C=O) groups is 1. The van der Waals surface area contributed by atoms with Crippen LogP contribution in [-0.4, -0.2) is 10.8 Å². The van der Waals surface area contributed by atoms with Crippen LogP contribution >= 0.6 is 11.6 Å². The van der Waals surface area contributed by atoms with E-state index in [2.05, 4.69) is 4.98 Å². The number of H-pyrrole nitrogens is 1. The van der Waals surface area contributed by atoms with E-state index in [0.717, 1.165) is 16.5 Å². The molecule has 0 unspecified atom stereocenters. The highest BCUT2D eigenvalue weighted by Crippen LogP contribution is 2.26. The predicted molar refractivity (Wildman–Crippen MR) is 82.3 cm³/mol. The van der Waals surface area contributed by atoms with E-state index < -0.39 is 0 Å². The van der Waals surface area contributed by atoms with Crippen molar-refractivity contribution in [1.82, 2.24) is 4.98 Å². The molecule has 3 nitrogen and oxygen atoms in total. The number of benzene rings is 2. The van der Waals surface area contributed by atoms with Gasteiger partial charge in [0.25, 0.3) is 0 Å². The Bertz CT molecular complexity index is 820. The average molecular weight is 285 g/mol. The number of nitrogens with one attached hydrogen (secondary N) is 1. The fourth-order valence-corrected chi connectivity index (χ4v) is 2.49. The molecule has 100 valence electrons. The van der Waals surface area contributed by atoms with E-state index in [1.807, 2.05) is 25.1 Å². The minimum Gasteiger partial charge on any atom is -0.398 e. The van der Waals surface area contributed by atoms with Gasteiger partial charge < -0.3 is 10.7 Å². The van der Waals surface area contributed by atoms with Crippen LogP contribution in [-0.2, 0) is 0 Å². The third-order valence-corrected chi connectivity index (χ3v) is 3.58. The molecule has 0 spiro atoms. The van der Waals surface area contributed by atoms with E-state index >= 15 is 0 Å². The molecule has 0 aliphatic carbocycles. The van der Waals surface area contributed by atoms with E-state index in [9.17, 15) is 4.79 Å². The fourth-order valence-electron chi connectivity index (χ4n) is 2.31. The fraction of sp³-hybridized carbons (Fsp3) is 0.0625. The number of aryl methyl sites for hydroxylation is 1. The topological polar surface area (TPSA) is 58.9 Å². The molecule has 0 saturated heterocycles. The molecule has 3 N–H and O–H groups in total. The molecule has 1 heterocycles. The Kier molecular flexibility index (Phi) is 2.99. The van der Waals surface area contributed by atoms with Gasteiger partial charge in [-0.1, -0.05) is 23.2 Å². The van der Waals surface area contributed by atoms with Gasteiger partial charge in [0, 0.05) is 38.9 Å². The third kappa shape index (κ3) is 2.06. The molecule has 3 rings (SSSR count). The normalized spacial score (nSPS) is 10.9. The summed E-state index contributed by atoms with van der Waals surface area (Å²) in [6.45, 7) is 2.00. The Labute approximate surface area is 121 Å². The standard InChI is InChI=1S/C16H13ClN2O/c1-9-2-5-15-12(6-9)13(8-19-15)16(20)11-4-3-10(17)7-14(11)18/h2-8,19H,18H2,1H3. The molecule has 3 aromatic rings. The summed E-state index contributed by atoms with van der Waals surface area (Å²) in [4.78, 5) is 15.7. The van der Waals surface area contributed by atoms with Gasteiger partial charge in [0.2, 0.25) is 0 Å². The molecular weight excluding hydrogens is 272 g/mol. The second-order valence-corrected chi connectivity index (χ2v) is 5.25. The highest BCUT2D eigenvalue weighted by molar-refractivity contribution is 6.31. The lowest BCUT2D eigenvalue weighted by Gasteiger charge is -2.05. The number of nitrogen functional groups attached to an aromatic ring is 1. The largest absolute Gasteiger partial charge is 0.398 e. The number of aromatic amines is 1. The number of ketones is 1. The molecule has 0 radical (unpaired) electrons. The molecule has 0 aliphatic rings. The van der Waals surface area contributed by atoms with Crippen LogP contribution < -0.4 is 5.73 Å². The first kappa shape index (κ1) is 12.8. The summed E-state index contributed by atoms with van der Waals surface area (Å²) in [7, 11) is 0. The Morgan fingerprint density at radius 2 is 1.95 bits per heavy atom. The van der Waals surface area contributed by atoms with Crippen LogP contribution in [0, 0.1) is 6.92 Å². The zero-order valence-electron chi connectivity index (χ0n) is 10.9. The lowest BCUT2D eigenvalue weighted by Crippen LogP contribution is -2.04. The van der Waals surface area contributed by atoms with Crippen LogP contribution in [0.1, 0.15) is 21.5 Å². The van der Waals surface area contributed by atoms with Gasteiger partial charge in [-0.3, -0.25) is 4.79 Å². The quantitative estimate of drug-likeness (QED) is 0.553. The highest BCUT2D eigenvalue weighted by atomic mass is 35.5. The highest BCUT2D eigenvalue weighted by Gasteiger charge is 2.16. The smallest absolute Gasteiger partial charge is 0.197 e. The van der Waals surface area contributed by atoms with Gasteiger partial charge in [0.15, 0.2) is 5.78 Å². The van der Waals surface area contributed by atoms with Crippen molar-refractivity contribution in [2.24, 2.45) is 0 Å². The predicted octanol–water partition coefficient (Wildman–Crippen LogP) is 3.94. The number of aromatic nitrogens is 1. The first-order valence-electron chi connectivity index (χ1n) is 6.24. The van der Waals surface area contributed by atoms with Crippen molar-refractivity contribution >= 4 is 34.0 Å². The second-order valence-electron chi connectivity index (χ2n) is 4.81. The van der Waals surface area contributed by atoms with Crippen LogP contribution in [0.25, 0.3) is 10.9 Å². The first-order valence-corrected chi connectivity index (χ1v) is 6.61. The Morgan fingerprint density at radius 3 is 2.70 bits per heavy atom. The maximum atomic E-state index is 12.6. The van der Waals surface area contributed by atoms with Crippen LogP contribution in [0.15, 0.2) is 42.6 Å². The monoisotopic (exact) mass is 284 g/mol. The summed E-state index contributed by atoms with van der Waals surface area (Å²) in [6, 6.07) is 10.9. The van der Waals surface area contributed by atoms with Gasteiger partial charge in [-0.15, -0.1) is 0 Å². The molecule has 20 heavy (non-hydrogen) atoms. The number of halogens is 1.